The molecule has 0 unspecified atom stereocenters. The fourth-order valence-electron chi connectivity index (χ4n) is 3.30. The van der Waals surface area contributed by atoms with Crippen LogP contribution in [0.5, 0.6) is 11.6 Å². The average molecular weight is 398 g/mol. The van der Waals surface area contributed by atoms with Crippen molar-refractivity contribution < 1.29 is 9.66 Å². The Balaban J connectivity index is 1.68. The lowest BCUT2D eigenvalue weighted by molar-refractivity contribution is -0.386. The summed E-state index contributed by atoms with van der Waals surface area (Å²) in [6.45, 7) is 1.87. The summed E-state index contributed by atoms with van der Waals surface area (Å²) >= 11 is 0. The summed E-state index contributed by atoms with van der Waals surface area (Å²) in [5.74, 6) is 0.279. The molecule has 0 spiro atoms. The molecule has 0 fully saturated rings. The molecule has 30 heavy (non-hydrogen) atoms. The van der Waals surface area contributed by atoms with E-state index >= 15 is 0 Å². The lowest BCUT2D eigenvalue weighted by atomic mass is 10.2. The maximum absolute atomic E-state index is 12.0. The minimum absolute atomic E-state index is 0.0723. The zero-order valence-electron chi connectivity index (χ0n) is 15.8. The molecule has 0 bridgehead atoms. The van der Waals surface area contributed by atoms with Crippen LogP contribution in [0.25, 0.3) is 27.8 Å². The van der Waals surface area contributed by atoms with Crippen LogP contribution in [0, 0.1) is 17.0 Å². The first kappa shape index (κ1) is 17.7. The summed E-state index contributed by atoms with van der Waals surface area (Å²) in [5.41, 5.74) is 2.43. The highest BCUT2D eigenvalue weighted by Gasteiger charge is 2.27. The first-order valence-corrected chi connectivity index (χ1v) is 9.08. The van der Waals surface area contributed by atoms with Crippen molar-refractivity contribution in [2.45, 2.75) is 6.92 Å². The van der Waals surface area contributed by atoms with E-state index in [0.29, 0.717) is 22.3 Å². The molecular formula is C21H14N6O3. The normalized spacial score (nSPS) is 11.1. The molecule has 5 aromatic rings. The number of nitrogens with zero attached hydrogens (tertiary/aromatic N) is 6. The largest absolute Gasteiger partial charge is 0.431 e. The number of aromatic nitrogens is 5. The second-order valence-electron chi connectivity index (χ2n) is 6.59. The third kappa shape index (κ3) is 2.89. The van der Waals surface area contributed by atoms with Crippen molar-refractivity contribution in [3.63, 3.8) is 0 Å². The van der Waals surface area contributed by atoms with Crippen molar-refractivity contribution in [2.75, 3.05) is 0 Å². The summed E-state index contributed by atoms with van der Waals surface area (Å²) in [7, 11) is 0. The lowest BCUT2D eigenvalue weighted by Crippen LogP contribution is -2.05. The second kappa shape index (κ2) is 6.89. The Morgan fingerprint density at radius 3 is 2.73 bits per heavy atom. The Bertz CT molecular complexity index is 1430. The molecule has 0 atom stereocenters. The maximum Gasteiger partial charge on any atom is 0.374 e. The van der Waals surface area contributed by atoms with E-state index < -0.39 is 4.92 Å². The Hall–Kier alpha value is -4.40. The summed E-state index contributed by atoms with van der Waals surface area (Å²) < 4.78 is 7.45. The molecule has 0 aliphatic heterocycles. The molecule has 0 amide bonds. The predicted octanol–water partition coefficient (Wildman–Crippen LogP) is 4.37. The van der Waals surface area contributed by atoms with Crippen molar-refractivity contribution in [1.29, 1.82) is 0 Å². The smallest absolute Gasteiger partial charge is 0.374 e. The van der Waals surface area contributed by atoms with Crippen molar-refractivity contribution in [2.24, 2.45) is 0 Å². The molecule has 0 aliphatic carbocycles. The van der Waals surface area contributed by atoms with Crippen LogP contribution >= 0.6 is 0 Å². The Morgan fingerprint density at radius 1 is 1.00 bits per heavy atom. The maximum atomic E-state index is 12.0. The number of para-hydroxylation sites is 3. The molecule has 2 aromatic carbocycles. The first-order chi connectivity index (χ1) is 14.6. The van der Waals surface area contributed by atoms with Gasteiger partial charge in [0.25, 0.3) is 0 Å². The van der Waals surface area contributed by atoms with Gasteiger partial charge in [-0.05, 0) is 31.2 Å². The van der Waals surface area contributed by atoms with Crippen LogP contribution in [0.3, 0.4) is 0 Å². The van der Waals surface area contributed by atoms with Crippen molar-refractivity contribution in [3.8, 4) is 17.4 Å². The fraction of sp³-hybridized carbons (Fsp3) is 0.0476. The quantitative estimate of drug-likeness (QED) is 0.326. The predicted molar refractivity (Wildman–Crippen MR) is 110 cm³/mol. The summed E-state index contributed by atoms with van der Waals surface area (Å²) in [5, 5.41) is 12.8. The zero-order valence-corrected chi connectivity index (χ0v) is 15.8. The highest BCUT2D eigenvalue weighted by Crippen LogP contribution is 2.36. The molecule has 146 valence electrons. The number of nitro groups is 1. The van der Waals surface area contributed by atoms with Crippen molar-refractivity contribution in [1.82, 2.24) is 24.5 Å². The number of imidazole rings is 1. The van der Waals surface area contributed by atoms with Gasteiger partial charge in [0.15, 0.2) is 5.75 Å². The van der Waals surface area contributed by atoms with Gasteiger partial charge < -0.3 is 4.74 Å². The molecule has 3 aromatic heterocycles. The van der Waals surface area contributed by atoms with Crippen molar-refractivity contribution >= 4 is 27.6 Å². The number of ether oxygens (including phenoxy) is 1. The molecule has 9 heteroatoms. The van der Waals surface area contributed by atoms with Crippen LogP contribution < -0.4 is 4.74 Å². The minimum atomic E-state index is -0.552. The summed E-state index contributed by atoms with van der Waals surface area (Å²) in [6, 6.07) is 16.5. The fourth-order valence-corrected chi connectivity index (χ4v) is 3.30. The van der Waals surface area contributed by atoms with E-state index in [4.69, 9.17) is 4.74 Å². The second-order valence-corrected chi connectivity index (χ2v) is 6.59. The van der Waals surface area contributed by atoms with Crippen LogP contribution in [0.1, 0.15) is 5.69 Å². The first-order valence-electron chi connectivity index (χ1n) is 9.08. The van der Waals surface area contributed by atoms with E-state index in [0.717, 1.165) is 11.1 Å². The number of aryl methyl sites for hydroxylation is 1. The van der Waals surface area contributed by atoms with Gasteiger partial charge >= 0.3 is 11.6 Å². The molecule has 9 nitrogen and oxygen atoms in total. The van der Waals surface area contributed by atoms with Gasteiger partial charge in [-0.25, -0.2) is 15.0 Å². The molecule has 5 rings (SSSR count). The molecule has 0 radical (unpaired) electrons. The third-order valence-corrected chi connectivity index (χ3v) is 4.66. The number of hydrogen-bond acceptors (Lipinski definition) is 7. The van der Waals surface area contributed by atoms with Gasteiger partial charge in [0.2, 0.25) is 5.82 Å². The molecule has 0 N–H and O–H groups in total. The monoisotopic (exact) mass is 398 g/mol. The Kier molecular flexibility index (Phi) is 4.06. The third-order valence-electron chi connectivity index (χ3n) is 4.66. The number of fused-ring (bicyclic) bond motifs is 2. The van der Waals surface area contributed by atoms with Gasteiger partial charge in [-0.3, -0.25) is 14.7 Å². The van der Waals surface area contributed by atoms with E-state index in [2.05, 4.69) is 19.9 Å². The number of pyridine rings is 1. The van der Waals surface area contributed by atoms with Crippen molar-refractivity contribution in [3.05, 3.63) is 83.1 Å². The molecule has 0 saturated carbocycles. The van der Waals surface area contributed by atoms with Gasteiger partial charge in [0.1, 0.15) is 18.2 Å². The lowest BCUT2D eigenvalue weighted by Gasteiger charge is -2.10. The van der Waals surface area contributed by atoms with Crippen LogP contribution in [0.4, 0.5) is 5.69 Å². The molecule has 0 aliphatic rings. The van der Waals surface area contributed by atoms with Gasteiger partial charge in [-0.15, -0.1) is 0 Å². The number of rotatable bonds is 4. The Labute approximate surface area is 169 Å². The zero-order chi connectivity index (χ0) is 20.7. The minimum Gasteiger partial charge on any atom is -0.431 e. The highest BCUT2D eigenvalue weighted by molar-refractivity contribution is 5.85. The topological polar surface area (TPSA) is 109 Å². The summed E-state index contributed by atoms with van der Waals surface area (Å²) in [6.07, 6.45) is 2.73. The molecular weight excluding hydrogens is 384 g/mol. The van der Waals surface area contributed by atoms with E-state index in [1.165, 1.54) is 12.7 Å². The molecule has 0 saturated heterocycles. The van der Waals surface area contributed by atoms with E-state index in [9.17, 15) is 10.1 Å². The van der Waals surface area contributed by atoms with Gasteiger partial charge in [-0.1, -0.05) is 30.3 Å². The number of benzene rings is 2. The Morgan fingerprint density at radius 2 is 1.87 bits per heavy atom. The van der Waals surface area contributed by atoms with Gasteiger partial charge in [0, 0.05) is 11.1 Å². The van der Waals surface area contributed by atoms with Crippen LogP contribution in [0.15, 0.2) is 67.3 Å². The van der Waals surface area contributed by atoms with Gasteiger partial charge in [0.05, 0.1) is 16.0 Å². The van der Waals surface area contributed by atoms with Crippen LogP contribution in [-0.4, -0.2) is 29.4 Å². The van der Waals surface area contributed by atoms with E-state index in [-0.39, 0.29) is 17.4 Å². The average Bonchev–Trinajstić information content (AvgIpc) is 3.18. The van der Waals surface area contributed by atoms with E-state index in [1.54, 1.807) is 16.7 Å². The van der Waals surface area contributed by atoms with Gasteiger partial charge in [-0.2, -0.15) is 4.98 Å². The summed E-state index contributed by atoms with van der Waals surface area (Å²) in [4.78, 5) is 28.4. The molecule has 3 heterocycles. The highest BCUT2D eigenvalue weighted by atomic mass is 16.6. The standard InChI is InChI=1S/C21H14N6O3/c1-13-9-10-14-5-4-8-17(18(14)25-13)30-21-19(27(28)29)20(22-11-23-21)26-12-24-15-6-2-3-7-16(15)26/h2-12H,1H3. The van der Waals surface area contributed by atoms with E-state index in [1.807, 2.05) is 49.4 Å². The number of hydrogen-bond donors (Lipinski definition) is 0. The SMILES string of the molecule is Cc1ccc2cccc(Oc3ncnc(-n4cnc5ccccc54)c3[N+](=O)[O-])c2n1. The van der Waals surface area contributed by atoms with Crippen LogP contribution in [0.2, 0.25) is 0 Å². The van der Waals surface area contributed by atoms with Crippen LogP contribution in [-0.2, 0) is 0 Å².